The molecule has 1 aliphatic carbocycles. The van der Waals surface area contributed by atoms with Crippen LogP contribution in [0.15, 0.2) is 0 Å². The van der Waals surface area contributed by atoms with Gasteiger partial charge in [-0.1, -0.05) is 20.3 Å². The Morgan fingerprint density at radius 2 is 2.07 bits per heavy atom. The molecule has 2 nitrogen and oxygen atoms in total. The van der Waals surface area contributed by atoms with Gasteiger partial charge in [0.25, 0.3) is 0 Å². The molecule has 0 amide bonds. The molecule has 2 aliphatic heterocycles. The summed E-state index contributed by atoms with van der Waals surface area (Å²) in [5.41, 5.74) is 0.502. The van der Waals surface area contributed by atoms with Gasteiger partial charge in [-0.3, -0.25) is 0 Å². The molecule has 0 aromatic carbocycles. The summed E-state index contributed by atoms with van der Waals surface area (Å²) >= 11 is 0. The summed E-state index contributed by atoms with van der Waals surface area (Å²) in [6.45, 7) is 4.82. The number of hydrogen-bond acceptors (Lipinski definition) is 2. The van der Waals surface area contributed by atoms with Gasteiger partial charge >= 0.3 is 0 Å². The maximum Gasteiger partial charge on any atom is 0.0733 e. The lowest BCUT2D eigenvalue weighted by Gasteiger charge is -2.32. The van der Waals surface area contributed by atoms with Crippen molar-refractivity contribution in [3.05, 3.63) is 0 Å². The third-order valence-electron chi connectivity index (χ3n) is 4.78. The highest BCUT2D eigenvalue weighted by Crippen LogP contribution is 2.40. The van der Waals surface area contributed by atoms with E-state index in [2.05, 4.69) is 19.2 Å². The molecule has 1 saturated carbocycles. The lowest BCUT2D eigenvalue weighted by Crippen LogP contribution is -2.47. The van der Waals surface area contributed by atoms with E-state index in [0.717, 1.165) is 6.04 Å². The smallest absolute Gasteiger partial charge is 0.0733 e. The fraction of sp³-hybridized carbons (Fsp3) is 1.00. The minimum Gasteiger partial charge on any atom is -0.373 e. The van der Waals surface area contributed by atoms with E-state index in [0.29, 0.717) is 23.7 Å². The first-order valence-electron chi connectivity index (χ1n) is 6.57. The first kappa shape index (κ1) is 10.1. The molecule has 0 aromatic heterocycles. The Morgan fingerprint density at radius 3 is 2.60 bits per heavy atom. The summed E-state index contributed by atoms with van der Waals surface area (Å²) in [6, 6.07) is 1.39. The van der Waals surface area contributed by atoms with E-state index in [9.17, 15) is 0 Å². The molecule has 3 aliphatic rings. The number of fused-ring (bicyclic) bond motifs is 2. The molecule has 2 saturated heterocycles. The maximum atomic E-state index is 5.90. The van der Waals surface area contributed by atoms with Crippen molar-refractivity contribution >= 4 is 0 Å². The van der Waals surface area contributed by atoms with Crippen LogP contribution in [0.3, 0.4) is 0 Å². The van der Waals surface area contributed by atoms with Gasteiger partial charge in [-0.25, -0.2) is 0 Å². The van der Waals surface area contributed by atoms with Crippen molar-refractivity contribution in [1.82, 2.24) is 5.32 Å². The number of ether oxygens (including phenoxy) is 1. The lowest BCUT2D eigenvalue weighted by molar-refractivity contribution is 0.0934. The van der Waals surface area contributed by atoms with Crippen molar-refractivity contribution in [3.63, 3.8) is 0 Å². The zero-order valence-corrected chi connectivity index (χ0v) is 9.96. The average Bonchev–Trinajstić information content (AvgIpc) is 2.83. The van der Waals surface area contributed by atoms with Crippen LogP contribution in [0.4, 0.5) is 0 Å². The molecule has 2 bridgehead atoms. The van der Waals surface area contributed by atoms with Crippen molar-refractivity contribution < 1.29 is 4.74 Å². The lowest BCUT2D eigenvalue weighted by atomic mass is 9.85. The highest BCUT2D eigenvalue weighted by Gasteiger charge is 2.44. The van der Waals surface area contributed by atoms with E-state index in [1.165, 1.54) is 38.5 Å². The van der Waals surface area contributed by atoms with E-state index in [1.807, 2.05) is 0 Å². The first-order chi connectivity index (χ1) is 7.15. The van der Waals surface area contributed by atoms with Crippen molar-refractivity contribution in [3.8, 4) is 0 Å². The van der Waals surface area contributed by atoms with Crippen LogP contribution in [0, 0.1) is 5.41 Å². The second-order valence-corrected chi connectivity index (χ2v) is 6.32. The monoisotopic (exact) mass is 209 g/mol. The molecule has 1 N–H and O–H groups in total. The largest absolute Gasteiger partial charge is 0.373 e. The van der Waals surface area contributed by atoms with Gasteiger partial charge in [0.2, 0.25) is 0 Å². The van der Waals surface area contributed by atoms with E-state index in [4.69, 9.17) is 4.74 Å². The van der Waals surface area contributed by atoms with Crippen LogP contribution >= 0.6 is 0 Å². The summed E-state index contributed by atoms with van der Waals surface area (Å²) in [6.07, 6.45) is 9.10. The summed E-state index contributed by atoms with van der Waals surface area (Å²) < 4.78 is 5.90. The van der Waals surface area contributed by atoms with Gasteiger partial charge in [0.1, 0.15) is 0 Å². The minimum absolute atomic E-state index is 0.502. The Labute approximate surface area is 92.8 Å². The Morgan fingerprint density at radius 1 is 1.20 bits per heavy atom. The van der Waals surface area contributed by atoms with Crippen LogP contribution in [0.25, 0.3) is 0 Å². The molecule has 86 valence electrons. The SMILES string of the molecule is CC1(C)CCCC1NC1CC2CCC1O2. The molecular weight excluding hydrogens is 186 g/mol. The fourth-order valence-electron chi connectivity index (χ4n) is 3.71. The molecule has 15 heavy (non-hydrogen) atoms. The first-order valence-corrected chi connectivity index (χ1v) is 6.57. The second kappa shape index (κ2) is 3.46. The van der Waals surface area contributed by atoms with E-state index >= 15 is 0 Å². The molecule has 2 heterocycles. The zero-order chi connectivity index (χ0) is 10.5. The highest BCUT2D eigenvalue weighted by molar-refractivity contribution is 4.99. The highest BCUT2D eigenvalue weighted by atomic mass is 16.5. The van der Waals surface area contributed by atoms with Crippen molar-refractivity contribution in [2.24, 2.45) is 5.41 Å². The summed E-state index contributed by atoms with van der Waals surface area (Å²) in [4.78, 5) is 0. The van der Waals surface area contributed by atoms with Crippen molar-refractivity contribution in [1.29, 1.82) is 0 Å². The van der Waals surface area contributed by atoms with Crippen molar-refractivity contribution in [2.45, 2.75) is 76.7 Å². The molecule has 3 rings (SSSR count). The standard InChI is InChI=1S/C13H23NO/c1-13(2)7-3-4-12(13)14-10-8-9-5-6-11(10)15-9/h9-12,14H,3-8H2,1-2H3. The molecule has 2 heteroatoms. The van der Waals surface area contributed by atoms with Gasteiger partial charge in [-0.15, -0.1) is 0 Å². The minimum atomic E-state index is 0.502. The Kier molecular flexibility index (Phi) is 2.33. The number of hydrogen-bond donors (Lipinski definition) is 1. The molecule has 4 unspecified atom stereocenters. The number of rotatable bonds is 2. The van der Waals surface area contributed by atoms with Crippen LogP contribution < -0.4 is 5.32 Å². The molecule has 0 spiro atoms. The predicted octanol–water partition coefficient (Wildman–Crippen LogP) is 2.47. The third kappa shape index (κ3) is 1.72. The molecule has 4 atom stereocenters. The van der Waals surface area contributed by atoms with Crippen LogP contribution in [-0.2, 0) is 4.74 Å². The molecule has 0 radical (unpaired) electrons. The summed E-state index contributed by atoms with van der Waals surface area (Å²) in [5.74, 6) is 0. The van der Waals surface area contributed by atoms with Crippen LogP contribution in [0.2, 0.25) is 0 Å². The third-order valence-corrected chi connectivity index (χ3v) is 4.78. The quantitative estimate of drug-likeness (QED) is 0.754. The molecule has 3 fully saturated rings. The molecular formula is C13H23NO. The van der Waals surface area contributed by atoms with Crippen LogP contribution in [0.1, 0.15) is 52.4 Å². The Hall–Kier alpha value is -0.0800. The predicted molar refractivity (Wildman–Crippen MR) is 60.9 cm³/mol. The summed E-state index contributed by atoms with van der Waals surface area (Å²) in [7, 11) is 0. The van der Waals surface area contributed by atoms with Gasteiger partial charge in [-0.05, 0) is 37.5 Å². The van der Waals surface area contributed by atoms with Gasteiger partial charge in [-0.2, -0.15) is 0 Å². The van der Waals surface area contributed by atoms with Crippen LogP contribution in [0.5, 0.6) is 0 Å². The fourth-order valence-corrected chi connectivity index (χ4v) is 3.71. The maximum absolute atomic E-state index is 5.90. The summed E-state index contributed by atoms with van der Waals surface area (Å²) in [5, 5.41) is 3.87. The topological polar surface area (TPSA) is 21.3 Å². The second-order valence-electron chi connectivity index (χ2n) is 6.32. The molecule has 0 aromatic rings. The van der Waals surface area contributed by atoms with Gasteiger partial charge in [0, 0.05) is 12.1 Å². The van der Waals surface area contributed by atoms with E-state index in [-0.39, 0.29) is 0 Å². The Bertz CT molecular complexity index is 251. The van der Waals surface area contributed by atoms with E-state index in [1.54, 1.807) is 0 Å². The van der Waals surface area contributed by atoms with Gasteiger partial charge < -0.3 is 10.1 Å². The van der Waals surface area contributed by atoms with Gasteiger partial charge in [0.15, 0.2) is 0 Å². The zero-order valence-electron chi connectivity index (χ0n) is 9.96. The van der Waals surface area contributed by atoms with Gasteiger partial charge in [0.05, 0.1) is 12.2 Å². The van der Waals surface area contributed by atoms with E-state index < -0.39 is 0 Å². The van der Waals surface area contributed by atoms with Crippen LogP contribution in [-0.4, -0.2) is 24.3 Å². The Balaban J connectivity index is 1.61. The van der Waals surface area contributed by atoms with Crippen molar-refractivity contribution in [2.75, 3.05) is 0 Å². The normalized spacial score (nSPS) is 47.6. The average molecular weight is 209 g/mol. The number of nitrogens with one attached hydrogen (secondary N) is 1.